The highest BCUT2D eigenvalue weighted by atomic mass is 31.2. The van der Waals surface area contributed by atoms with Crippen LogP contribution in [0.3, 0.4) is 0 Å². The van der Waals surface area contributed by atoms with E-state index >= 15 is 0 Å². The van der Waals surface area contributed by atoms with Gasteiger partial charge in [-0.15, -0.1) is 0 Å². The molecule has 2 aromatic rings. The number of rotatable bonds is 3. The first-order chi connectivity index (χ1) is 14.5. The first-order valence-electron chi connectivity index (χ1n) is 12.1. The molecule has 0 bridgehead atoms. The summed E-state index contributed by atoms with van der Waals surface area (Å²) in [5.41, 5.74) is 4.39. The van der Waals surface area contributed by atoms with Crippen molar-refractivity contribution in [2.45, 2.75) is 116 Å². The van der Waals surface area contributed by atoms with E-state index in [-0.39, 0.29) is 16.2 Å². The van der Waals surface area contributed by atoms with Gasteiger partial charge >= 0.3 is 8.60 Å². The Morgan fingerprint density at radius 1 is 0.719 bits per heavy atom. The van der Waals surface area contributed by atoms with Gasteiger partial charge in [0, 0.05) is 0 Å². The Morgan fingerprint density at radius 3 is 1.75 bits per heavy atom. The van der Waals surface area contributed by atoms with Gasteiger partial charge in [0.15, 0.2) is 0 Å². The van der Waals surface area contributed by atoms with Crippen LogP contribution < -0.4 is 0 Å². The minimum absolute atomic E-state index is 0.0127. The fourth-order valence-corrected chi connectivity index (χ4v) is 5.75. The summed E-state index contributed by atoms with van der Waals surface area (Å²) in [5.74, 6) is 0. The van der Waals surface area contributed by atoms with Gasteiger partial charge in [-0.2, -0.15) is 0 Å². The predicted octanol–water partition coefficient (Wildman–Crippen LogP) is 8.12. The van der Waals surface area contributed by atoms with E-state index in [0.29, 0.717) is 0 Å². The van der Waals surface area contributed by atoms with Crippen LogP contribution in [0.4, 0.5) is 0 Å². The highest BCUT2D eigenvalue weighted by molar-refractivity contribution is 7.39. The van der Waals surface area contributed by atoms with Gasteiger partial charge in [-0.3, -0.25) is 0 Å². The van der Waals surface area contributed by atoms with Gasteiger partial charge in [0.2, 0.25) is 0 Å². The molecular formula is C28H43O3P. The Morgan fingerprint density at radius 2 is 1.28 bits per heavy atom. The third-order valence-corrected chi connectivity index (χ3v) is 7.49. The zero-order chi connectivity index (χ0) is 24.1. The smallest absolute Gasteiger partial charge is 0.327 e. The Hall–Kier alpha value is -0.990. The summed E-state index contributed by atoms with van der Waals surface area (Å²) in [4.78, 5) is 19.9. The maximum Gasteiger partial charge on any atom is 0.327 e. The van der Waals surface area contributed by atoms with Gasteiger partial charge in [-0.25, -0.2) is 0 Å². The molecule has 32 heavy (non-hydrogen) atoms. The van der Waals surface area contributed by atoms with E-state index in [4.69, 9.17) is 4.52 Å². The lowest BCUT2D eigenvalue weighted by atomic mass is 9.70. The van der Waals surface area contributed by atoms with Gasteiger partial charge < -0.3 is 14.3 Å². The van der Waals surface area contributed by atoms with Gasteiger partial charge in [0.1, 0.15) is 5.60 Å². The lowest BCUT2D eigenvalue weighted by molar-refractivity contribution is 0.0137. The van der Waals surface area contributed by atoms with Crippen LogP contribution in [0.5, 0.6) is 0 Å². The van der Waals surface area contributed by atoms with Crippen molar-refractivity contribution in [1.82, 2.24) is 0 Å². The van der Waals surface area contributed by atoms with Crippen molar-refractivity contribution in [2.75, 3.05) is 0 Å². The third-order valence-electron chi connectivity index (χ3n) is 6.98. The van der Waals surface area contributed by atoms with Gasteiger partial charge in [-0.05, 0) is 68.2 Å². The van der Waals surface area contributed by atoms with Crippen molar-refractivity contribution in [1.29, 1.82) is 0 Å². The summed E-state index contributed by atoms with van der Waals surface area (Å²) in [5, 5.41) is 2.51. The van der Waals surface area contributed by atoms with Crippen LogP contribution in [-0.4, -0.2) is 9.79 Å². The van der Waals surface area contributed by atoms with Crippen molar-refractivity contribution < 1.29 is 14.3 Å². The average Bonchev–Trinajstić information content (AvgIpc) is 2.64. The number of hydrogen-bond donors (Lipinski definition) is 2. The summed E-state index contributed by atoms with van der Waals surface area (Å²) >= 11 is 0. The Bertz CT molecular complexity index is 965. The molecule has 0 radical (unpaired) electrons. The Kier molecular flexibility index (Phi) is 6.93. The Balaban J connectivity index is 2.43. The van der Waals surface area contributed by atoms with Crippen molar-refractivity contribution in [3.8, 4) is 0 Å². The predicted molar refractivity (Wildman–Crippen MR) is 137 cm³/mol. The molecule has 2 N–H and O–H groups in total. The molecule has 4 heteroatoms. The molecule has 1 aliphatic rings. The molecule has 0 spiro atoms. The van der Waals surface area contributed by atoms with Crippen LogP contribution in [0, 0.1) is 0 Å². The molecule has 0 aliphatic heterocycles. The van der Waals surface area contributed by atoms with Crippen molar-refractivity contribution in [2.24, 2.45) is 0 Å². The van der Waals surface area contributed by atoms with E-state index < -0.39 is 14.2 Å². The van der Waals surface area contributed by atoms with Crippen LogP contribution in [0.2, 0.25) is 0 Å². The minimum Gasteiger partial charge on any atom is -0.328 e. The summed E-state index contributed by atoms with van der Waals surface area (Å²) in [7, 11) is -2.44. The first-order valence-corrected chi connectivity index (χ1v) is 13.2. The molecule has 0 atom stereocenters. The molecule has 0 heterocycles. The maximum absolute atomic E-state index is 9.95. The Labute approximate surface area is 196 Å². The molecule has 0 saturated heterocycles. The van der Waals surface area contributed by atoms with E-state index in [1.165, 1.54) is 33.9 Å². The average molecular weight is 459 g/mol. The molecule has 178 valence electrons. The number of fused-ring (bicyclic) bond motifs is 1. The molecule has 1 aliphatic carbocycles. The van der Waals surface area contributed by atoms with Crippen LogP contribution in [-0.2, 0) is 26.4 Å². The number of benzene rings is 2. The molecule has 0 aromatic heterocycles. The second-order valence-corrected chi connectivity index (χ2v) is 13.5. The van der Waals surface area contributed by atoms with Crippen molar-refractivity contribution in [3.05, 3.63) is 46.5 Å². The van der Waals surface area contributed by atoms with E-state index in [1.54, 1.807) is 0 Å². The highest BCUT2D eigenvalue weighted by Crippen LogP contribution is 2.51. The van der Waals surface area contributed by atoms with Crippen LogP contribution in [0.25, 0.3) is 10.8 Å². The summed E-state index contributed by atoms with van der Waals surface area (Å²) < 4.78 is 6.03. The molecule has 2 aromatic carbocycles. The van der Waals surface area contributed by atoms with E-state index in [0.717, 1.165) is 31.2 Å². The quantitative estimate of drug-likeness (QED) is 0.457. The largest absolute Gasteiger partial charge is 0.328 e. The summed E-state index contributed by atoms with van der Waals surface area (Å²) in [6.45, 7) is 20.4. The van der Waals surface area contributed by atoms with Crippen molar-refractivity contribution in [3.63, 3.8) is 0 Å². The zero-order valence-corrected chi connectivity index (χ0v) is 22.5. The van der Waals surface area contributed by atoms with Crippen LogP contribution in [0.1, 0.15) is 117 Å². The lowest BCUT2D eigenvalue weighted by Crippen LogP contribution is -2.34. The fourth-order valence-electron chi connectivity index (χ4n) is 5.15. The molecule has 1 fully saturated rings. The van der Waals surface area contributed by atoms with Crippen LogP contribution in [0.15, 0.2) is 24.3 Å². The topological polar surface area (TPSA) is 49.7 Å². The molecular weight excluding hydrogens is 415 g/mol. The van der Waals surface area contributed by atoms with Crippen molar-refractivity contribution >= 4 is 19.4 Å². The van der Waals surface area contributed by atoms with Gasteiger partial charge in [0.05, 0.1) is 0 Å². The molecule has 0 amide bonds. The van der Waals surface area contributed by atoms with Gasteiger partial charge in [0.25, 0.3) is 0 Å². The SMILES string of the molecule is CC(C)(C)c1cc(C(C)(C)C)c2cc(C3(OP(O)O)CCCCC3)c(C(C)(C)C)cc2c1. The number of hydrogen-bond acceptors (Lipinski definition) is 3. The summed E-state index contributed by atoms with van der Waals surface area (Å²) in [6, 6.07) is 9.41. The monoisotopic (exact) mass is 458 g/mol. The normalized spacial score (nSPS) is 17.9. The second-order valence-electron chi connectivity index (χ2n) is 12.8. The molecule has 3 nitrogen and oxygen atoms in total. The second kappa shape index (κ2) is 8.66. The lowest BCUT2D eigenvalue weighted by Gasteiger charge is -2.41. The highest BCUT2D eigenvalue weighted by Gasteiger charge is 2.41. The van der Waals surface area contributed by atoms with E-state index in [9.17, 15) is 9.79 Å². The fraction of sp³-hybridized carbons (Fsp3) is 0.643. The van der Waals surface area contributed by atoms with E-state index in [2.05, 4.69) is 86.6 Å². The van der Waals surface area contributed by atoms with E-state index in [1.807, 2.05) is 0 Å². The standard InChI is InChI=1S/C28H43O3P/c1-25(2,3)20-15-19-16-23(27(7,8)9)24(18-21(19)22(17-20)26(4,5)6)28(31-32(29)30)13-11-10-12-14-28/h15-18,29-30H,10-14H2,1-9H3. The van der Waals surface area contributed by atoms with Crippen LogP contribution >= 0.6 is 8.60 Å². The third kappa shape index (κ3) is 5.22. The minimum atomic E-state index is -2.44. The first kappa shape index (κ1) is 25.6. The molecule has 0 unspecified atom stereocenters. The van der Waals surface area contributed by atoms with Gasteiger partial charge in [-0.1, -0.05) is 99.8 Å². The summed E-state index contributed by atoms with van der Waals surface area (Å²) in [6.07, 6.45) is 4.90. The molecule has 1 saturated carbocycles. The maximum atomic E-state index is 9.95. The zero-order valence-electron chi connectivity index (χ0n) is 21.6. The molecule has 3 rings (SSSR count).